The number of anilines is 3. The van der Waals surface area contributed by atoms with Gasteiger partial charge in [-0.2, -0.15) is 0 Å². The fraction of sp³-hybridized carbons (Fsp3) is 0.333. The zero-order valence-corrected chi connectivity index (χ0v) is 9.98. The molecule has 0 amide bonds. The van der Waals surface area contributed by atoms with Crippen molar-refractivity contribution in [2.75, 3.05) is 23.7 Å². The molecule has 1 atom stereocenters. The summed E-state index contributed by atoms with van der Waals surface area (Å²) in [4.78, 5) is 11.5. The molecule has 3 heterocycles. The number of nitrogens with one attached hydrogen (secondary N) is 4. The van der Waals surface area contributed by atoms with Crippen molar-refractivity contribution in [3.05, 3.63) is 30.7 Å². The Kier molecular flexibility index (Phi) is 3.10. The van der Waals surface area contributed by atoms with Gasteiger partial charge in [0.05, 0.1) is 0 Å². The van der Waals surface area contributed by atoms with Crippen LogP contribution in [0.5, 0.6) is 0 Å². The maximum Gasteiger partial charge on any atom is 0.136 e. The fourth-order valence-electron chi connectivity index (χ4n) is 2.04. The lowest BCUT2D eigenvalue weighted by Gasteiger charge is -2.12. The van der Waals surface area contributed by atoms with Crippen LogP contribution in [-0.2, 0) is 0 Å². The third-order valence-electron chi connectivity index (χ3n) is 2.94. The summed E-state index contributed by atoms with van der Waals surface area (Å²) in [6, 6.07) is 6.26. The lowest BCUT2D eigenvalue weighted by Crippen LogP contribution is -2.22. The van der Waals surface area contributed by atoms with Crippen LogP contribution >= 0.6 is 0 Å². The summed E-state index contributed by atoms with van der Waals surface area (Å²) in [5, 5.41) is 9.90. The molecule has 18 heavy (non-hydrogen) atoms. The second kappa shape index (κ2) is 5.05. The molecule has 2 aromatic heterocycles. The van der Waals surface area contributed by atoms with E-state index in [9.17, 15) is 0 Å². The van der Waals surface area contributed by atoms with E-state index in [4.69, 9.17) is 0 Å². The van der Waals surface area contributed by atoms with Crippen molar-refractivity contribution in [2.45, 2.75) is 12.5 Å². The van der Waals surface area contributed by atoms with Crippen LogP contribution in [0.3, 0.4) is 0 Å². The van der Waals surface area contributed by atoms with Gasteiger partial charge in [0.1, 0.15) is 23.8 Å². The second-order valence-electron chi connectivity index (χ2n) is 4.33. The van der Waals surface area contributed by atoms with Crippen molar-refractivity contribution in [3.63, 3.8) is 0 Å². The van der Waals surface area contributed by atoms with Gasteiger partial charge >= 0.3 is 0 Å². The molecule has 4 N–H and O–H groups in total. The molecule has 1 aliphatic heterocycles. The predicted octanol–water partition coefficient (Wildman–Crippen LogP) is 1.32. The Hall–Kier alpha value is -2.08. The minimum atomic E-state index is 0.457. The molecule has 0 bridgehead atoms. The molecular formula is C12H16N6. The predicted molar refractivity (Wildman–Crippen MR) is 71.0 cm³/mol. The maximum absolute atomic E-state index is 4.23. The van der Waals surface area contributed by atoms with Crippen molar-refractivity contribution < 1.29 is 0 Å². The van der Waals surface area contributed by atoms with Gasteiger partial charge in [-0.05, 0) is 25.1 Å². The molecule has 1 unspecified atom stereocenters. The average molecular weight is 244 g/mol. The lowest BCUT2D eigenvalue weighted by molar-refractivity contribution is 0.787. The Bertz CT molecular complexity index is 489. The number of hydrogen-bond acceptors (Lipinski definition) is 5. The molecule has 0 aliphatic carbocycles. The van der Waals surface area contributed by atoms with Crippen LogP contribution in [0.4, 0.5) is 17.5 Å². The van der Waals surface area contributed by atoms with Gasteiger partial charge in [-0.15, -0.1) is 0 Å². The minimum absolute atomic E-state index is 0.457. The average Bonchev–Trinajstić information content (AvgIpc) is 3.03. The van der Waals surface area contributed by atoms with Crippen LogP contribution in [0.25, 0.3) is 0 Å². The third-order valence-corrected chi connectivity index (χ3v) is 2.94. The first-order valence-corrected chi connectivity index (χ1v) is 6.10. The highest BCUT2D eigenvalue weighted by molar-refractivity contribution is 5.55. The van der Waals surface area contributed by atoms with E-state index in [0.717, 1.165) is 37.0 Å². The minimum Gasteiger partial charge on any atom is -0.366 e. The van der Waals surface area contributed by atoms with Gasteiger partial charge in [-0.3, -0.25) is 0 Å². The van der Waals surface area contributed by atoms with E-state index in [1.165, 1.54) is 0 Å². The molecule has 1 saturated heterocycles. The number of hydrogen-bond donors (Lipinski definition) is 4. The topological polar surface area (TPSA) is 77.7 Å². The summed E-state index contributed by atoms with van der Waals surface area (Å²) in [7, 11) is 0. The number of H-pyrrole nitrogens is 1. The molecule has 0 saturated carbocycles. The highest BCUT2D eigenvalue weighted by Crippen LogP contribution is 2.15. The molecule has 0 aromatic carbocycles. The fourth-order valence-corrected chi connectivity index (χ4v) is 2.04. The van der Waals surface area contributed by atoms with E-state index in [0.29, 0.717) is 6.04 Å². The van der Waals surface area contributed by atoms with Crippen LogP contribution in [0.1, 0.15) is 6.42 Å². The van der Waals surface area contributed by atoms with Crippen molar-refractivity contribution in [2.24, 2.45) is 0 Å². The molecule has 6 heteroatoms. The maximum atomic E-state index is 4.23. The monoisotopic (exact) mass is 244 g/mol. The molecule has 0 radical (unpaired) electrons. The lowest BCUT2D eigenvalue weighted by atomic mass is 10.2. The zero-order valence-electron chi connectivity index (χ0n) is 9.98. The van der Waals surface area contributed by atoms with Crippen molar-refractivity contribution in [1.29, 1.82) is 0 Å². The highest BCUT2D eigenvalue weighted by atomic mass is 15.1. The van der Waals surface area contributed by atoms with E-state index >= 15 is 0 Å². The highest BCUT2D eigenvalue weighted by Gasteiger charge is 2.14. The number of aromatic amines is 1. The van der Waals surface area contributed by atoms with Gasteiger partial charge in [0.2, 0.25) is 0 Å². The first kappa shape index (κ1) is 11.0. The third kappa shape index (κ3) is 2.60. The summed E-state index contributed by atoms with van der Waals surface area (Å²) >= 11 is 0. The van der Waals surface area contributed by atoms with E-state index in [1.54, 1.807) is 6.33 Å². The largest absolute Gasteiger partial charge is 0.366 e. The standard InChI is InChI=1S/C12H16N6/c1-2-10(14-4-1)18-12-6-11(15-8-16-12)17-9-3-5-13-7-9/h1-2,4,6,8-9,13-14H,3,5,7H2,(H2,15,16,17,18). The molecule has 1 aliphatic rings. The van der Waals surface area contributed by atoms with Crippen molar-refractivity contribution in [3.8, 4) is 0 Å². The van der Waals surface area contributed by atoms with Crippen LogP contribution in [-0.4, -0.2) is 34.1 Å². The summed E-state index contributed by atoms with van der Waals surface area (Å²) in [6.45, 7) is 2.06. The summed E-state index contributed by atoms with van der Waals surface area (Å²) in [6.07, 6.45) is 4.56. The Labute approximate surface area is 105 Å². The Morgan fingerprint density at radius 3 is 3.00 bits per heavy atom. The van der Waals surface area contributed by atoms with Gasteiger partial charge in [-0.25, -0.2) is 9.97 Å². The van der Waals surface area contributed by atoms with Gasteiger partial charge < -0.3 is 20.9 Å². The SMILES string of the molecule is c1c[nH]c(Nc2cc(NC3CCNC3)ncn2)c1. The first-order chi connectivity index (χ1) is 8.90. The van der Waals surface area contributed by atoms with Gasteiger partial charge in [0, 0.05) is 24.8 Å². The molecule has 3 rings (SSSR count). The molecular weight excluding hydrogens is 228 g/mol. The molecule has 2 aromatic rings. The Morgan fingerprint density at radius 2 is 2.22 bits per heavy atom. The van der Waals surface area contributed by atoms with Crippen LogP contribution in [0.2, 0.25) is 0 Å². The van der Waals surface area contributed by atoms with E-state index in [1.807, 2.05) is 24.4 Å². The molecule has 94 valence electrons. The van der Waals surface area contributed by atoms with Crippen LogP contribution in [0.15, 0.2) is 30.7 Å². The van der Waals surface area contributed by atoms with Gasteiger partial charge in [0.25, 0.3) is 0 Å². The zero-order chi connectivity index (χ0) is 12.2. The quantitative estimate of drug-likeness (QED) is 0.652. The normalized spacial score (nSPS) is 18.8. The van der Waals surface area contributed by atoms with Crippen LogP contribution < -0.4 is 16.0 Å². The Balaban J connectivity index is 1.68. The van der Waals surface area contributed by atoms with E-state index in [-0.39, 0.29) is 0 Å². The number of rotatable bonds is 4. The summed E-state index contributed by atoms with van der Waals surface area (Å²) in [5.41, 5.74) is 0. The number of aromatic nitrogens is 3. The molecule has 6 nitrogen and oxygen atoms in total. The number of nitrogens with zero attached hydrogens (tertiary/aromatic N) is 2. The van der Waals surface area contributed by atoms with Gasteiger partial charge in [0.15, 0.2) is 0 Å². The van der Waals surface area contributed by atoms with Crippen molar-refractivity contribution >= 4 is 17.5 Å². The molecule has 0 spiro atoms. The first-order valence-electron chi connectivity index (χ1n) is 6.10. The summed E-state index contributed by atoms with van der Waals surface area (Å²) < 4.78 is 0. The Morgan fingerprint density at radius 1 is 1.28 bits per heavy atom. The van der Waals surface area contributed by atoms with Crippen molar-refractivity contribution in [1.82, 2.24) is 20.3 Å². The van der Waals surface area contributed by atoms with E-state index in [2.05, 4.69) is 30.9 Å². The van der Waals surface area contributed by atoms with E-state index < -0.39 is 0 Å². The second-order valence-corrected chi connectivity index (χ2v) is 4.33. The molecule has 1 fully saturated rings. The smallest absolute Gasteiger partial charge is 0.136 e. The van der Waals surface area contributed by atoms with Gasteiger partial charge in [-0.1, -0.05) is 0 Å². The summed E-state index contributed by atoms with van der Waals surface area (Å²) in [5.74, 6) is 2.55. The van der Waals surface area contributed by atoms with Crippen LogP contribution in [0, 0.1) is 0 Å².